The minimum absolute atomic E-state index is 0.00422. The predicted molar refractivity (Wildman–Crippen MR) is 69.7 cm³/mol. The average molecular weight is 230 g/mol. The molecule has 0 bridgehead atoms. The Balaban J connectivity index is 3.03. The van der Waals surface area contributed by atoms with Crippen LogP contribution in [-0.2, 0) is 9.47 Å². The number of methoxy groups -OCH3 is 2. The van der Waals surface area contributed by atoms with E-state index < -0.39 is 0 Å². The quantitative estimate of drug-likeness (QED) is 0.362. The Hall–Kier alpha value is -0.0800. The van der Waals surface area contributed by atoms with Crippen molar-refractivity contribution in [3.63, 3.8) is 0 Å². The van der Waals surface area contributed by atoms with Crippen molar-refractivity contribution in [2.24, 2.45) is 0 Å². The smallest absolute Gasteiger partial charge is 0.156 e. The molecule has 0 aromatic rings. The summed E-state index contributed by atoms with van der Waals surface area (Å²) in [6.07, 6.45) is 13.3. The Morgan fingerprint density at radius 2 is 1.12 bits per heavy atom. The summed E-state index contributed by atoms with van der Waals surface area (Å²) in [5, 5.41) is 0. The first-order chi connectivity index (χ1) is 7.85. The van der Waals surface area contributed by atoms with Gasteiger partial charge in [-0.1, -0.05) is 58.3 Å². The molecule has 0 atom stereocenters. The van der Waals surface area contributed by atoms with E-state index in [9.17, 15) is 0 Å². The van der Waals surface area contributed by atoms with Gasteiger partial charge in [0, 0.05) is 14.2 Å². The van der Waals surface area contributed by atoms with Gasteiger partial charge in [-0.25, -0.2) is 0 Å². The second-order valence-corrected chi connectivity index (χ2v) is 4.52. The van der Waals surface area contributed by atoms with E-state index in [-0.39, 0.29) is 6.29 Å². The first-order valence-corrected chi connectivity index (χ1v) is 6.90. The largest absolute Gasteiger partial charge is 0.356 e. The minimum Gasteiger partial charge on any atom is -0.356 e. The van der Waals surface area contributed by atoms with Gasteiger partial charge in [-0.2, -0.15) is 0 Å². The summed E-state index contributed by atoms with van der Waals surface area (Å²) >= 11 is 0. The third-order valence-corrected chi connectivity index (χ3v) is 3.07. The van der Waals surface area contributed by atoms with Gasteiger partial charge in [-0.15, -0.1) is 0 Å². The van der Waals surface area contributed by atoms with E-state index in [1.807, 2.05) is 0 Å². The van der Waals surface area contributed by atoms with Gasteiger partial charge >= 0.3 is 0 Å². The third-order valence-electron chi connectivity index (χ3n) is 3.07. The molecular weight excluding hydrogens is 200 g/mol. The topological polar surface area (TPSA) is 18.5 Å². The van der Waals surface area contributed by atoms with Gasteiger partial charge in [-0.05, 0) is 12.8 Å². The fourth-order valence-electron chi connectivity index (χ4n) is 1.95. The molecule has 0 aliphatic rings. The maximum absolute atomic E-state index is 5.15. The fourth-order valence-corrected chi connectivity index (χ4v) is 1.95. The molecule has 16 heavy (non-hydrogen) atoms. The van der Waals surface area contributed by atoms with E-state index in [1.165, 1.54) is 57.8 Å². The summed E-state index contributed by atoms with van der Waals surface area (Å²) in [4.78, 5) is 0. The van der Waals surface area contributed by atoms with E-state index >= 15 is 0 Å². The van der Waals surface area contributed by atoms with E-state index in [0.717, 1.165) is 6.42 Å². The highest BCUT2D eigenvalue weighted by Gasteiger charge is 2.03. The molecule has 98 valence electrons. The second kappa shape index (κ2) is 13.0. The molecule has 0 amide bonds. The van der Waals surface area contributed by atoms with Crippen LogP contribution in [0, 0.1) is 0 Å². The molecule has 0 saturated carbocycles. The Bertz CT molecular complexity index is 122. The van der Waals surface area contributed by atoms with Gasteiger partial charge in [0.15, 0.2) is 6.29 Å². The highest BCUT2D eigenvalue weighted by Crippen LogP contribution is 2.12. The highest BCUT2D eigenvalue weighted by atomic mass is 16.7. The van der Waals surface area contributed by atoms with Gasteiger partial charge in [0.25, 0.3) is 0 Å². The molecule has 0 saturated heterocycles. The molecule has 0 N–H and O–H groups in total. The Morgan fingerprint density at radius 3 is 1.56 bits per heavy atom. The van der Waals surface area contributed by atoms with E-state index in [4.69, 9.17) is 9.47 Å². The van der Waals surface area contributed by atoms with Crippen LogP contribution >= 0.6 is 0 Å². The second-order valence-electron chi connectivity index (χ2n) is 4.52. The summed E-state index contributed by atoms with van der Waals surface area (Å²) in [6.45, 7) is 2.27. The van der Waals surface area contributed by atoms with Crippen molar-refractivity contribution in [2.75, 3.05) is 14.2 Å². The number of rotatable bonds is 12. The molecule has 0 aliphatic carbocycles. The number of ether oxygens (including phenoxy) is 2. The van der Waals surface area contributed by atoms with Crippen LogP contribution in [0.4, 0.5) is 0 Å². The molecule has 0 fully saturated rings. The van der Waals surface area contributed by atoms with Gasteiger partial charge in [0.1, 0.15) is 0 Å². The lowest BCUT2D eigenvalue weighted by Gasteiger charge is -2.12. The van der Waals surface area contributed by atoms with E-state index in [0.29, 0.717) is 0 Å². The van der Waals surface area contributed by atoms with Crippen molar-refractivity contribution in [1.82, 2.24) is 0 Å². The third kappa shape index (κ3) is 10.4. The first-order valence-electron chi connectivity index (χ1n) is 6.90. The molecule has 2 heteroatoms. The lowest BCUT2D eigenvalue weighted by Crippen LogP contribution is -2.12. The molecular formula is C14H30O2. The van der Waals surface area contributed by atoms with Crippen LogP contribution in [0.3, 0.4) is 0 Å². The van der Waals surface area contributed by atoms with Crippen LogP contribution < -0.4 is 0 Å². The van der Waals surface area contributed by atoms with Crippen LogP contribution in [-0.4, -0.2) is 20.5 Å². The number of hydrogen-bond donors (Lipinski definition) is 0. The summed E-state index contributed by atoms with van der Waals surface area (Å²) in [5.74, 6) is 0. The zero-order valence-electron chi connectivity index (χ0n) is 11.5. The van der Waals surface area contributed by atoms with Gasteiger partial charge in [-0.3, -0.25) is 0 Å². The normalized spacial score (nSPS) is 11.2. The van der Waals surface area contributed by atoms with Gasteiger partial charge in [0.2, 0.25) is 0 Å². The molecule has 0 rings (SSSR count). The molecule has 0 unspecified atom stereocenters. The lowest BCUT2D eigenvalue weighted by molar-refractivity contribution is -0.107. The van der Waals surface area contributed by atoms with Crippen LogP contribution in [0.15, 0.2) is 0 Å². The summed E-state index contributed by atoms with van der Waals surface area (Å²) in [6, 6.07) is 0. The summed E-state index contributed by atoms with van der Waals surface area (Å²) in [7, 11) is 3.42. The zero-order chi connectivity index (χ0) is 12.1. The highest BCUT2D eigenvalue weighted by molar-refractivity contribution is 4.49. The van der Waals surface area contributed by atoms with Crippen molar-refractivity contribution in [3.05, 3.63) is 0 Å². The molecule has 2 nitrogen and oxygen atoms in total. The van der Waals surface area contributed by atoms with Crippen molar-refractivity contribution < 1.29 is 9.47 Å². The van der Waals surface area contributed by atoms with Crippen LogP contribution in [0.25, 0.3) is 0 Å². The van der Waals surface area contributed by atoms with Crippen molar-refractivity contribution in [1.29, 1.82) is 0 Å². The summed E-state index contributed by atoms with van der Waals surface area (Å²) < 4.78 is 10.3. The molecule has 0 heterocycles. The molecule has 0 spiro atoms. The lowest BCUT2D eigenvalue weighted by atomic mass is 10.1. The molecule has 0 aromatic carbocycles. The van der Waals surface area contributed by atoms with E-state index in [1.54, 1.807) is 14.2 Å². The van der Waals surface area contributed by atoms with Crippen LogP contribution in [0.1, 0.15) is 71.1 Å². The number of unbranched alkanes of at least 4 members (excludes halogenated alkanes) is 8. The van der Waals surface area contributed by atoms with Crippen molar-refractivity contribution in [3.8, 4) is 0 Å². The maximum atomic E-state index is 5.15. The molecule has 0 aliphatic heterocycles. The average Bonchev–Trinajstić information content (AvgIpc) is 2.32. The number of hydrogen-bond acceptors (Lipinski definition) is 2. The molecule has 0 radical (unpaired) electrons. The Morgan fingerprint density at radius 1 is 0.688 bits per heavy atom. The van der Waals surface area contributed by atoms with Crippen molar-refractivity contribution >= 4 is 0 Å². The Labute approximate surface area is 102 Å². The fraction of sp³-hybridized carbons (Fsp3) is 1.00. The standard InChI is InChI=1S/C14H30O2/c1-4-5-6-7-8-9-10-11-12-13-14(15-2)16-3/h14H,4-13H2,1-3H3. The summed E-state index contributed by atoms with van der Waals surface area (Å²) in [5.41, 5.74) is 0. The van der Waals surface area contributed by atoms with Crippen LogP contribution in [0.5, 0.6) is 0 Å². The van der Waals surface area contributed by atoms with Gasteiger partial charge < -0.3 is 9.47 Å². The van der Waals surface area contributed by atoms with Gasteiger partial charge in [0.05, 0.1) is 0 Å². The molecule has 0 aromatic heterocycles. The predicted octanol–water partition coefficient (Wildman–Crippen LogP) is 4.53. The SMILES string of the molecule is CCCCCCCCCCCC(OC)OC. The van der Waals surface area contributed by atoms with Crippen LogP contribution in [0.2, 0.25) is 0 Å². The first kappa shape index (κ1) is 15.9. The minimum atomic E-state index is 0.00422. The van der Waals surface area contributed by atoms with Crippen molar-refractivity contribution in [2.45, 2.75) is 77.4 Å². The monoisotopic (exact) mass is 230 g/mol. The zero-order valence-corrected chi connectivity index (χ0v) is 11.5. The maximum Gasteiger partial charge on any atom is 0.156 e. The Kier molecular flexibility index (Phi) is 12.9. The van der Waals surface area contributed by atoms with E-state index in [2.05, 4.69) is 6.92 Å².